The van der Waals surface area contributed by atoms with Crippen molar-refractivity contribution < 1.29 is 13.2 Å². The zero-order valence-corrected chi connectivity index (χ0v) is 15.6. The van der Waals surface area contributed by atoms with Gasteiger partial charge in [0.05, 0.1) is 5.56 Å². The molecular formula is C23H24F3N. The highest BCUT2D eigenvalue weighted by Crippen LogP contribution is 2.31. The molecule has 4 heteroatoms. The van der Waals surface area contributed by atoms with Crippen LogP contribution in [0.15, 0.2) is 66.7 Å². The van der Waals surface area contributed by atoms with E-state index in [-0.39, 0.29) is 12.0 Å². The molecule has 27 heavy (non-hydrogen) atoms. The number of fused-ring (bicyclic) bond motifs is 1. The van der Waals surface area contributed by atoms with Crippen molar-refractivity contribution in [2.24, 2.45) is 0 Å². The number of halogens is 3. The molecule has 1 nitrogen and oxygen atoms in total. The van der Waals surface area contributed by atoms with Crippen LogP contribution in [0.2, 0.25) is 0 Å². The van der Waals surface area contributed by atoms with Crippen molar-refractivity contribution in [1.29, 1.82) is 0 Å². The molecule has 0 radical (unpaired) electrons. The zero-order valence-electron chi connectivity index (χ0n) is 15.6. The first-order chi connectivity index (χ1) is 12.9. The fourth-order valence-corrected chi connectivity index (χ4v) is 3.73. The number of nitrogens with one attached hydrogen (secondary N) is 1. The number of rotatable bonds is 6. The highest BCUT2D eigenvalue weighted by Gasteiger charge is 2.30. The first kappa shape index (κ1) is 19.4. The van der Waals surface area contributed by atoms with Crippen LogP contribution in [0.25, 0.3) is 10.8 Å². The molecule has 1 N–H and O–H groups in total. The van der Waals surface area contributed by atoms with Crippen LogP contribution in [0.4, 0.5) is 13.2 Å². The Balaban J connectivity index is 1.77. The second-order valence-corrected chi connectivity index (χ2v) is 6.99. The van der Waals surface area contributed by atoms with E-state index in [2.05, 4.69) is 42.6 Å². The van der Waals surface area contributed by atoms with Gasteiger partial charge in [0.25, 0.3) is 0 Å². The van der Waals surface area contributed by atoms with Gasteiger partial charge >= 0.3 is 6.18 Å². The summed E-state index contributed by atoms with van der Waals surface area (Å²) in [5.74, 6) is 0.242. The molecular weight excluding hydrogens is 347 g/mol. The molecule has 3 aromatic carbocycles. The molecule has 0 aliphatic carbocycles. The lowest BCUT2D eigenvalue weighted by molar-refractivity contribution is -0.137. The number of likely N-dealkylation sites (N-methyl/N-ethyl adjacent to an activating group) is 1. The number of hydrogen-bond donors (Lipinski definition) is 1. The number of benzene rings is 3. The SMILES string of the molecule is CN[C@H](CCc1cccc(C(F)(F)F)c1)[C@H](C)c1cccc2ccccc12. The van der Waals surface area contributed by atoms with E-state index in [0.29, 0.717) is 6.42 Å². The largest absolute Gasteiger partial charge is 0.416 e. The highest BCUT2D eigenvalue weighted by molar-refractivity contribution is 5.86. The lowest BCUT2D eigenvalue weighted by atomic mass is 9.86. The van der Waals surface area contributed by atoms with Gasteiger partial charge < -0.3 is 5.32 Å². The monoisotopic (exact) mass is 371 g/mol. The predicted molar refractivity (Wildman–Crippen MR) is 105 cm³/mol. The van der Waals surface area contributed by atoms with Crippen LogP contribution in [0, 0.1) is 0 Å². The van der Waals surface area contributed by atoms with Gasteiger partial charge in [-0.1, -0.05) is 67.6 Å². The van der Waals surface area contributed by atoms with Crippen LogP contribution in [-0.4, -0.2) is 13.1 Å². The summed E-state index contributed by atoms with van der Waals surface area (Å²) in [7, 11) is 1.92. The minimum absolute atomic E-state index is 0.172. The maximum atomic E-state index is 12.9. The molecule has 3 aromatic rings. The molecule has 0 aromatic heterocycles. The number of aryl methyl sites for hydroxylation is 1. The summed E-state index contributed by atoms with van der Waals surface area (Å²) < 4.78 is 38.8. The lowest BCUT2D eigenvalue weighted by Gasteiger charge is -2.25. The highest BCUT2D eigenvalue weighted by atomic mass is 19.4. The summed E-state index contributed by atoms with van der Waals surface area (Å²) in [6.07, 6.45) is -2.93. The molecule has 142 valence electrons. The Labute approximate surface area is 158 Å². The first-order valence-corrected chi connectivity index (χ1v) is 9.21. The van der Waals surface area contributed by atoms with Crippen molar-refractivity contribution >= 4 is 10.8 Å². The van der Waals surface area contributed by atoms with Crippen LogP contribution in [0.1, 0.15) is 36.0 Å². The molecule has 0 heterocycles. The van der Waals surface area contributed by atoms with Gasteiger partial charge in [-0.05, 0) is 53.8 Å². The van der Waals surface area contributed by atoms with Crippen molar-refractivity contribution in [3.05, 3.63) is 83.4 Å². The van der Waals surface area contributed by atoms with E-state index in [0.717, 1.165) is 18.1 Å². The van der Waals surface area contributed by atoms with Gasteiger partial charge in [-0.15, -0.1) is 0 Å². The average molecular weight is 371 g/mol. The topological polar surface area (TPSA) is 12.0 Å². The van der Waals surface area contributed by atoms with Gasteiger partial charge in [-0.3, -0.25) is 0 Å². The van der Waals surface area contributed by atoms with Crippen LogP contribution in [0.5, 0.6) is 0 Å². The molecule has 0 saturated heterocycles. The van der Waals surface area contributed by atoms with Gasteiger partial charge in [0.15, 0.2) is 0 Å². The fourth-order valence-electron chi connectivity index (χ4n) is 3.73. The maximum Gasteiger partial charge on any atom is 0.416 e. The molecule has 0 aliphatic heterocycles. The molecule has 2 atom stereocenters. The normalized spacial score (nSPS) is 14.3. The van der Waals surface area contributed by atoms with Crippen LogP contribution in [0.3, 0.4) is 0 Å². The molecule has 0 unspecified atom stereocenters. The second-order valence-electron chi connectivity index (χ2n) is 6.99. The van der Waals surface area contributed by atoms with Crippen molar-refractivity contribution in [2.75, 3.05) is 7.05 Å². The predicted octanol–water partition coefficient (Wildman–Crippen LogP) is 6.18. The summed E-state index contributed by atoms with van der Waals surface area (Å²) in [5.41, 5.74) is 1.40. The second kappa shape index (κ2) is 8.13. The molecule has 0 spiro atoms. The molecule has 0 amide bonds. The molecule has 0 aliphatic rings. The Kier molecular flexibility index (Phi) is 5.85. The zero-order chi connectivity index (χ0) is 19.4. The minimum atomic E-state index is -4.30. The summed E-state index contributed by atoms with van der Waals surface area (Å²) in [6, 6.07) is 20.4. The Hall–Kier alpha value is -2.33. The minimum Gasteiger partial charge on any atom is -0.316 e. The summed E-state index contributed by atoms with van der Waals surface area (Å²) >= 11 is 0. The van der Waals surface area contributed by atoms with Gasteiger partial charge in [0, 0.05) is 6.04 Å². The Morgan fingerprint density at radius 2 is 1.63 bits per heavy atom. The van der Waals surface area contributed by atoms with Gasteiger partial charge in [0.1, 0.15) is 0 Å². The first-order valence-electron chi connectivity index (χ1n) is 9.21. The van der Waals surface area contributed by atoms with Gasteiger partial charge in [-0.2, -0.15) is 13.2 Å². The third-order valence-electron chi connectivity index (χ3n) is 5.29. The Bertz CT molecular complexity index is 896. The Morgan fingerprint density at radius 1 is 0.926 bits per heavy atom. The standard InChI is InChI=1S/C23H24F3N/c1-16(20-12-6-9-18-8-3-4-11-21(18)20)22(27-2)14-13-17-7-5-10-19(15-17)23(24,25)26/h3-12,15-16,22,27H,13-14H2,1-2H3/t16-,22-/m1/s1. The third kappa shape index (κ3) is 4.51. The van der Waals surface area contributed by atoms with E-state index in [4.69, 9.17) is 0 Å². The number of hydrogen-bond acceptors (Lipinski definition) is 1. The van der Waals surface area contributed by atoms with E-state index < -0.39 is 11.7 Å². The van der Waals surface area contributed by atoms with E-state index in [1.165, 1.54) is 28.5 Å². The van der Waals surface area contributed by atoms with Crippen molar-refractivity contribution in [3.8, 4) is 0 Å². The van der Waals surface area contributed by atoms with Gasteiger partial charge in [-0.25, -0.2) is 0 Å². The third-order valence-corrected chi connectivity index (χ3v) is 5.29. The van der Waals surface area contributed by atoms with Crippen molar-refractivity contribution in [2.45, 2.75) is 37.9 Å². The molecule has 3 rings (SSSR count). The fraction of sp³-hybridized carbons (Fsp3) is 0.304. The molecule has 0 fully saturated rings. The average Bonchev–Trinajstić information content (AvgIpc) is 2.67. The van der Waals surface area contributed by atoms with E-state index in [9.17, 15) is 13.2 Å². The summed E-state index contributed by atoms with van der Waals surface area (Å²) in [5, 5.41) is 5.79. The number of alkyl halides is 3. The van der Waals surface area contributed by atoms with E-state index in [1.54, 1.807) is 6.07 Å². The lowest BCUT2D eigenvalue weighted by Crippen LogP contribution is -2.31. The summed E-state index contributed by atoms with van der Waals surface area (Å²) in [6.45, 7) is 2.18. The van der Waals surface area contributed by atoms with Gasteiger partial charge in [0.2, 0.25) is 0 Å². The molecule has 0 bridgehead atoms. The van der Waals surface area contributed by atoms with Crippen LogP contribution in [-0.2, 0) is 12.6 Å². The van der Waals surface area contributed by atoms with Crippen molar-refractivity contribution in [3.63, 3.8) is 0 Å². The Morgan fingerprint density at radius 3 is 2.37 bits per heavy atom. The van der Waals surface area contributed by atoms with E-state index >= 15 is 0 Å². The van der Waals surface area contributed by atoms with Crippen LogP contribution >= 0.6 is 0 Å². The smallest absolute Gasteiger partial charge is 0.316 e. The summed E-state index contributed by atoms with van der Waals surface area (Å²) in [4.78, 5) is 0. The van der Waals surface area contributed by atoms with Crippen molar-refractivity contribution in [1.82, 2.24) is 5.32 Å². The van der Waals surface area contributed by atoms with Crippen LogP contribution < -0.4 is 5.32 Å². The molecule has 0 saturated carbocycles. The quantitative estimate of drug-likeness (QED) is 0.545. The maximum absolute atomic E-state index is 12.9. The van der Waals surface area contributed by atoms with E-state index in [1.807, 2.05) is 19.2 Å².